The second kappa shape index (κ2) is 9.11. The van der Waals surface area contributed by atoms with Crippen molar-refractivity contribution in [1.29, 1.82) is 0 Å². The van der Waals surface area contributed by atoms with E-state index < -0.39 is 0 Å². The molecule has 1 heterocycles. The number of piperidine rings is 1. The lowest BCUT2D eigenvalue weighted by Gasteiger charge is -2.38. The molecule has 3 aromatic carbocycles. The highest BCUT2D eigenvalue weighted by Gasteiger charge is 2.23. The molecule has 0 unspecified atom stereocenters. The van der Waals surface area contributed by atoms with Crippen LogP contribution < -0.4 is 9.64 Å². The molecule has 0 saturated carbocycles. The summed E-state index contributed by atoms with van der Waals surface area (Å²) in [5, 5.41) is 2.68. The van der Waals surface area contributed by atoms with Crippen LogP contribution in [0.2, 0.25) is 0 Å². The number of hydrogen-bond donors (Lipinski definition) is 0. The minimum atomic E-state index is 0.614. The molecule has 28 heavy (non-hydrogen) atoms. The SMILES string of the molecule is CN(c1cccc2ccccc12)C1CCN(CCCOc2ccccc2)CC1. The van der Waals surface area contributed by atoms with E-state index in [1.54, 1.807) is 0 Å². The first-order valence-corrected chi connectivity index (χ1v) is 10.4. The van der Waals surface area contributed by atoms with Crippen molar-refractivity contribution in [3.05, 3.63) is 72.8 Å². The molecular weight excluding hydrogens is 344 g/mol. The number of nitrogens with zero attached hydrogens (tertiary/aromatic N) is 2. The molecule has 0 radical (unpaired) electrons. The van der Waals surface area contributed by atoms with E-state index in [9.17, 15) is 0 Å². The van der Waals surface area contributed by atoms with E-state index in [0.29, 0.717) is 6.04 Å². The molecule has 4 rings (SSSR count). The first-order valence-electron chi connectivity index (χ1n) is 10.4. The Labute approximate surface area is 168 Å². The number of para-hydroxylation sites is 1. The van der Waals surface area contributed by atoms with Crippen molar-refractivity contribution in [2.24, 2.45) is 0 Å². The van der Waals surface area contributed by atoms with Crippen LogP contribution in [0.25, 0.3) is 10.8 Å². The van der Waals surface area contributed by atoms with Crippen LogP contribution in [-0.2, 0) is 0 Å². The van der Waals surface area contributed by atoms with Gasteiger partial charge in [0.25, 0.3) is 0 Å². The van der Waals surface area contributed by atoms with Crippen molar-refractivity contribution in [3.63, 3.8) is 0 Å². The summed E-state index contributed by atoms with van der Waals surface area (Å²) in [6.07, 6.45) is 3.53. The number of ether oxygens (including phenoxy) is 1. The molecule has 0 bridgehead atoms. The second-order valence-corrected chi connectivity index (χ2v) is 7.70. The zero-order valence-electron chi connectivity index (χ0n) is 16.8. The molecule has 0 aliphatic carbocycles. The molecule has 3 nitrogen and oxygen atoms in total. The Kier molecular flexibility index (Phi) is 6.13. The molecule has 1 saturated heterocycles. The fourth-order valence-corrected chi connectivity index (χ4v) is 4.24. The topological polar surface area (TPSA) is 15.7 Å². The third kappa shape index (κ3) is 4.48. The Morgan fingerprint density at radius 2 is 1.61 bits per heavy atom. The molecule has 1 fully saturated rings. The molecule has 0 amide bonds. The van der Waals surface area contributed by atoms with Gasteiger partial charge in [0, 0.05) is 43.8 Å². The largest absolute Gasteiger partial charge is 0.494 e. The molecule has 0 atom stereocenters. The quantitative estimate of drug-likeness (QED) is 0.528. The average molecular weight is 375 g/mol. The zero-order valence-corrected chi connectivity index (χ0v) is 16.8. The molecular formula is C25H30N2O. The van der Waals surface area contributed by atoms with Crippen molar-refractivity contribution in [1.82, 2.24) is 4.90 Å². The maximum atomic E-state index is 5.82. The molecule has 146 valence electrons. The highest BCUT2D eigenvalue weighted by Crippen LogP contribution is 2.29. The fourth-order valence-electron chi connectivity index (χ4n) is 4.24. The maximum absolute atomic E-state index is 5.82. The Bertz CT molecular complexity index is 867. The summed E-state index contributed by atoms with van der Waals surface area (Å²) in [6.45, 7) is 4.26. The van der Waals surface area contributed by atoms with Gasteiger partial charge in [0.05, 0.1) is 6.61 Å². The van der Waals surface area contributed by atoms with Crippen LogP contribution in [0.5, 0.6) is 5.75 Å². The van der Waals surface area contributed by atoms with Gasteiger partial charge in [-0.05, 0) is 42.8 Å². The van der Waals surface area contributed by atoms with Crippen LogP contribution in [0.3, 0.4) is 0 Å². The van der Waals surface area contributed by atoms with Gasteiger partial charge in [-0.3, -0.25) is 0 Å². The second-order valence-electron chi connectivity index (χ2n) is 7.70. The van der Waals surface area contributed by atoms with Crippen LogP contribution in [-0.4, -0.2) is 44.2 Å². The lowest BCUT2D eigenvalue weighted by molar-refractivity contribution is 0.192. The number of hydrogen-bond acceptors (Lipinski definition) is 3. The van der Waals surface area contributed by atoms with Crippen molar-refractivity contribution in [3.8, 4) is 5.75 Å². The minimum absolute atomic E-state index is 0.614. The molecule has 1 aliphatic rings. The number of likely N-dealkylation sites (tertiary alicyclic amines) is 1. The number of rotatable bonds is 7. The summed E-state index contributed by atoms with van der Waals surface area (Å²) in [6, 6.07) is 26.1. The monoisotopic (exact) mass is 374 g/mol. The predicted octanol–water partition coefficient (Wildman–Crippen LogP) is 5.21. The molecule has 1 aliphatic heterocycles. The summed E-state index contributed by atoms with van der Waals surface area (Å²) < 4.78 is 5.82. The van der Waals surface area contributed by atoms with Gasteiger partial charge >= 0.3 is 0 Å². The van der Waals surface area contributed by atoms with E-state index in [1.165, 1.54) is 42.4 Å². The summed E-state index contributed by atoms with van der Waals surface area (Å²) in [5.74, 6) is 0.970. The van der Waals surface area contributed by atoms with Crippen LogP contribution >= 0.6 is 0 Å². The van der Waals surface area contributed by atoms with Gasteiger partial charge in [0.1, 0.15) is 5.75 Å². The summed E-state index contributed by atoms with van der Waals surface area (Å²) in [7, 11) is 2.26. The lowest BCUT2D eigenvalue weighted by atomic mass is 10.0. The van der Waals surface area contributed by atoms with Crippen LogP contribution in [0, 0.1) is 0 Å². The molecule has 3 heteroatoms. The Hall–Kier alpha value is -2.52. The fraction of sp³-hybridized carbons (Fsp3) is 0.360. The summed E-state index contributed by atoms with van der Waals surface area (Å²) in [4.78, 5) is 5.08. The third-order valence-electron chi connectivity index (χ3n) is 5.88. The Morgan fingerprint density at radius 1 is 0.893 bits per heavy atom. The third-order valence-corrected chi connectivity index (χ3v) is 5.88. The van der Waals surface area contributed by atoms with Crippen molar-refractivity contribution in [2.45, 2.75) is 25.3 Å². The van der Waals surface area contributed by atoms with Crippen molar-refractivity contribution < 1.29 is 4.74 Å². The lowest BCUT2D eigenvalue weighted by Crippen LogP contribution is -2.44. The van der Waals surface area contributed by atoms with E-state index in [-0.39, 0.29) is 0 Å². The maximum Gasteiger partial charge on any atom is 0.119 e. The molecule has 0 spiro atoms. The number of anilines is 1. The number of benzene rings is 3. The van der Waals surface area contributed by atoms with Gasteiger partial charge in [-0.25, -0.2) is 0 Å². The molecule has 0 N–H and O–H groups in total. The van der Waals surface area contributed by atoms with Crippen molar-refractivity contribution >= 4 is 16.5 Å². The Morgan fingerprint density at radius 3 is 2.43 bits per heavy atom. The normalized spacial score (nSPS) is 15.6. The predicted molar refractivity (Wildman–Crippen MR) is 118 cm³/mol. The van der Waals surface area contributed by atoms with E-state index >= 15 is 0 Å². The first-order chi connectivity index (χ1) is 13.8. The van der Waals surface area contributed by atoms with Crippen LogP contribution in [0.1, 0.15) is 19.3 Å². The zero-order chi connectivity index (χ0) is 19.2. The molecule has 0 aromatic heterocycles. The highest BCUT2D eigenvalue weighted by molar-refractivity contribution is 5.94. The van der Waals surface area contributed by atoms with Crippen LogP contribution in [0.4, 0.5) is 5.69 Å². The average Bonchev–Trinajstić information content (AvgIpc) is 2.77. The van der Waals surface area contributed by atoms with Gasteiger partial charge in [-0.15, -0.1) is 0 Å². The molecule has 3 aromatic rings. The van der Waals surface area contributed by atoms with Gasteiger partial charge < -0.3 is 14.5 Å². The van der Waals surface area contributed by atoms with E-state index in [1.807, 2.05) is 30.3 Å². The highest BCUT2D eigenvalue weighted by atomic mass is 16.5. The van der Waals surface area contributed by atoms with Gasteiger partial charge in [-0.2, -0.15) is 0 Å². The minimum Gasteiger partial charge on any atom is -0.494 e. The van der Waals surface area contributed by atoms with E-state index in [2.05, 4.69) is 59.3 Å². The van der Waals surface area contributed by atoms with E-state index in [0.717, 1.165) is 25.3 Å². The van der Waals surface area contributed by atoms with Gasteiger partial charge in [-0.1, -0.05) is 54.6 Å². The number of fused-ring (bicyclic) bond motifs is 1. The smallest absolute Gasteiger partial charge is 0.119 e. The van der Waals surface area contributed by atoms with Crippen molar-refractivity contribution in [2.75, 3.05) is 38.2 Å². The van der Waals surface area contributed by atoms with Crippen LogP contribution in [0.15, 0.2) is 72.8 Å². The van der Waals surface area contributed by atoms with Gasteiger partial charge in [0.15, 0.2) is 0 Å². The Balaban J connectivity index is 1.25. The standard InChI is InChI=1S/C25H30N2O/c1-26(25-14-7-10-21-9-5-6-13-24(21)25)22-15-18-27(19-16-22)17-8-20-28-23-11-3-2-4-12-23/h2-7,9-14,22H,8,15-20H2,1H3. The van der Waals surface area contributed by atoms with E-state index in [4.69, 9.17) is 4.74 Å². The van der Waals surface area contributed by atoms with Gasteiger partial charge in [0.2, 0.25) is 0 Å². The summed E-state index contributed by atoms with van der Waals surface area (Å²) >= 11 is 0. The summed E-state index contributed by atoms with van der Waals surface area (Å²) in [5.41, 5.74) is 1.35. The first kappa shape index (κ1) is 18.8.